The Balaban J connectivity index is 1.85. The minimum Gasteiger partial charge on any atom is -0.383 e. The molecule has 112 valence electrons. The number of alkyl halides is 3. The van der Waals surface area contributed by atoms with Gasteiger partial charge in [0.1, 0.15) is 5.82 Å². The molecule has 0 spiro atoms. The van der Waals surface area contributed by atoms with Gasteiger partial charge in [0, 0.05) is 13.2 Å². The van der Waals surface area contributed by atoms with Crippen molar-refractivity contribution in [2.24, 2.45) is 0 Å². The maximum atomic E-state index is 13.4. The van der Waals surface area contributed by atoms with E-state index in [0.717, 1.165) is 50.5 Å². The zero-order chi connectivity index (χ0) is 14.6. The SMILES string of the molecule is Fc1ccc(C(F)(F)F)cc1NCCCC1CCCO1. The average Bonchev–Trinajstić information content (AvgIpc) is 2.88. The van der Waals surface area contributed by atoms with E-state index in [1.165, 1.54) is 0 Å². The van der Waals surface area contributed by atoms with Crippen molar-refractivity contribution in [3.8, 4) is 0 Å². The first-order chi connectivity index (χ1) is 9.47. The lowest BCUT2D eigenvalue weighted by molar-refractivity contribution is -0.137. The Labute approximate surface area is 115 Å². The van der Waals surface area contributed by atoms with Crippen LogP contribution in [0.25, 0.3) is 0 Å². The van der Waals surface area contributed by atoms with E-state index >= 15 is 0 Å². The van der Waals surface area contributed by atoms with Crippen LogP contribution >= 0.6 is 0 Å². The van der Waals surface area contributed by atoms with E-state index < -0.39 is 17.6 Å². The Kier molecular flexibility index (Phi) is 4.86. The monoisotopic (exact) mass is 291 g/mol. The molecule has 20 heavy (non-hydrogen) atoms. The number of rotatable bonds is 5. The summed E-state index contributed by atoms with van der Waals surface area (Å²) in [5, 5.41) is 2.72. The quantitative estimate of drug-likeness (QED) is 0.648. The van der Waals surface area contributed by atoms with Gasteiger partial charge in [0.05, 0.1) is 17.4 Å². The zero-order valence-electron chi connectivity index (χ0n) is 11.0. The lowest BCUT2D eigenvalue weighted by Gasteiger charge is -2.13. The highest BCUT2D eigenvalue weighted by Crippen LogP contribution is 2.31. The van der Waals surface area contributed by atoms with Gasteiger partial charge < -0.3 is 10.1 Å². The Bertz CT molecular complexity index is 441. The summed E-state index contributed by atoms with van der Waals surface area (Å²) >= 11 is 0. The van der Waals surface area contributed by atoms with Crippen molar-refractivity contribution in [2.45, 2.75) is 38.0 Å². The highest BCUT2D eigenvalue weighted by Gasteiger charge is 2.31. The molecule has 1 N–H and O–H groups in total. The van der Waals surface area contributed by atoms with Crippen LogP contribution in [0.5, 0.6) is 0 Å². The predicted octanol–water partition coefficient (Wildman–Crippen LogP) is 4.22. The van der Waals surface area contributed by atoms with E-state index in [0.29, 0.717) is 6.54 Å². The van der Waals surface area contributed by atoms with Crippen molar-refractivity contribution in [3.63, 3.8) is 0 Å². The summed E-state index contributed by atoms with van der Waals surface area (Å²) in [5.74, 6) is -0.671. The van der Waals surface area contributed by atoms with Gasteiger partial charge in [-0.2, -0.15) is 13.2 Å². The third kappa shape index (κ3) is 4.10. The molecule has 1 atom stereocenters. The fraction of sp³-hybridized carbons (Fsp3) is 0.571. The van der Waals surface area contributed by atoms with Gasteiger partial charge in [-0.05, 0) is 43.9 Å². The first kappa shape index (κ1) is 15.1. The summed E-state index contributed by atoms with van der Waals surface area (Å²) < 4.78 is 56.5. The molecule has 1 heterocycles. The highest BCUT2D eigenvalue weighted by molar-refractivity contribution is 5.47. The molecule has 1 aromatic carbocycles. The molecule has 1 unspecified atom stereocenters. The average molecular weight is 291 g/mol. The number of hydrogen-bond donors (Lipinski definition) is 1. The lowest BCUT2D eigenvalue weighted by atomic mass is 10.1. The van der Waals surface area contributed by atoms with Gasteiger partial charge >= 0.3 is 6.18 Å². The molecule has 0 aromatic heterocycles. The smallest absolute Gasteiger partial charge is 0.383 e. The second-order valence-corrected chi connectivity index (χ2v) is 4.90. The number of nitrogens with one attached hydrogen (secondary N) is 1. The van der Waals surface area contributed by atoms with Crippen molar-refractivity contribution in [3.05, 3.63) is 29.6 Å². The molecule has 0 bridgehead atoms. The predicted molar refractivity (Wildman–Crippen MR) is 68.1 cm³/mol. The van der Waals surface area contributed by atoms with Gasteiger partial charge in [0.2, 0.25) is 0 Å². The summed E-state index contributed by atoms with van der Waals surface area (Å²) in [4.78, 5) is 0. The Morgan fingerprint density at radius 3 is 2.75 bits per heavy atom. The summed E-state index contributed by atoms with van der Waals surface area (Å²) in [7, 11) is 0. The summed E-state index contributed by atoms with van der Waals surface area (Å²) in [5.41, 5.74) is -0.951. The van der Waals surface area contributed by atoms with Gasteiger partial charge in [0.15, 0.2) is 0 Å². The standard InChI is InChI=1S/C14H17F4NO/c15-12-6-5-10(14(16,17)18)9-13(12)19-7-1-3-11-4-2-8-20-11/h5-6,9,11,19H,1-4,7-8H2. The summed E-state index contributed by atoms with van der Waals surface area (Å²) in [6.07, 6.45) is -0.559. The number of anilines is 1. The number of ether oxygens (including phenoxy) is 1. The first-order valence-electron chi connectivity index (χ1n) is 6.69. The number of hydrogen-bond acceptors (Lipinski definition) is 2. The molecule has 1 aromatic rings. The lowest BCUT2D eigenvalue weighted by Crippen LogP contribution is -2.11. The third-order valence-electron chi connectivity index (χ3n) is 3.34. The van der Waals surface area contributed by atoms with Crippen molar-refractivity contribution < 1.29 is 22.3 Å². The van der Waals surface area contributed by atoms with Crippen molar-refractivity contribution in [1.29, 1.82) is 0 Å². The van der Waals surface area contributed by atoms with Gasteiger partial charge in [-0.25, -0.2) is 4.39 Å². The van der Waals surface area contributed by atoms with Gasteiger partial charge in [-0.3, -0.25) is 0 Å². The van der Waals surface area contributed by atoms with Crippen LogP contribution in [0.1, 0.15) is 31.2 Å². The fourth-order valence-corrected chi connectivity index (χ4v) is 2.26. The van der Waals surface area contributed by atoms with Crippen LogP contribution in [-0.2, 0) is 10.9 Å². The first-order valence-corrected chi connectivity index (χ1v) is 6.69. The molecule has 1 saturated heterocycles. The van der Waals surface area contributed by atoms with Crippen LogP contribution < -0.4 is 5.32 Å². The minimum atomic E-state index is -4.46. The molecular formula is C14H17F4NO. The van der Waals surface area contributed by atoms with Gasteiger partial charge in [-0.1, -0.05) is 0 Å². The molecule has 6 heteroatoms. The van der Waals surface area contributed by atoms with Gasteiger partial charge in [-0.15, -0.1) is 0 Å². The Morgan fingerprint density at radius 1 is 1.30 bits per heavy atom. The maximum Gasteiger partial charge on any atom is 0.416 e. The molecule has 2 nitrogen and oxygen atoms in total. The molecule has 0 saturated carbocycles. The van der Waals surface area contributed by atoms with Crippen LogP contribution in [0.4, 0.5) is 23.2 Å². The molecule has 0 amide bonds. The third-order valence-corrected chi connectivity index (χ3v) is 3.34. The highest BCUT2D eigenvalue weighted by atomic mass is 19.4. The molecular weight excluding hydrogens is 274 g/mol. The normalized spacial score (nSPS) is 19.3. The van der Waals surface area contributed by atoms with E-state index in [-0.39, 0.29) is 11.8 Å². The molecule has 0 radical (unpaired) electrons. The second-order valence-electron chi connectivity index (χ2n) is 4.90. The summed E-state index contributed by atoms with van der Waals surface area (Å²) in [6, 6.07) is 2.39. The largest absolute Gasteiger partial charge is 0.416 e. The molecule has 1 aliphatic rings. The van der Waals surface area contributed by atoms with Crippen LogP contribution in [0.3, 0.4) is 0 Å². The van der Waals surface area contributed by atoms with E-state index in [1.54, 1.807) is 0 Å². The van der Waals surface area contributed by atoms with Gasteiger partial charge in [0.25, 0.3) is 0 Å². The minimum absolute atomic E-state index is 0.104. The van der Waals surface area contributed by atoms with Crippen molar-refractivity contribution in [1.82, 2.24) is 0 Å². The van der Waals surface area contributed by atoms with Crippen LogP contribution in [-0.4, -0.2) is 19.3 Å². The summed E-state index contributed by atoms with van der Waals surface area (Å²) in [6.45, 7) is 1.21. The van der Waals surface area contributed by atoms with E-state index in [1.807, 2.05) is 0 Å². The molecule has 1 aliphatic heterocycles. The maximum absolute atomic E-state index is 13.4. The van der Waals surface area contributed by atoms with Crippen molar-refractivity contribution >= 4 is 5.69 Å². The molecule has 2 rings (SSSR count). The van der Waals surface area contributed by atoms with Crippen molar-refractivity contribution in [2.75, 3.05) is 18.5 Å². The molecule has 1 fully saturated rings. The number of benzene rings is 1. The topological polar surface area (TPSA) is 21.3 Å². The van der Waals surface area contributed by atoms with Crippen LogP contribution in [0, 0.1) is 5.82 Å². The van der Waals surface area contributed by atoms with Crippen LogP contribution in [0.15, 0.2) is 18.2 Å². The van der Waals surface area contributed by atoms with E-state index in [9.17, 15) is 17.6 Å². The molecule has 0 aliphatic carbocycles. The van der Waals surface area contributed by atoms with Crippen LogP contribution in [0.2, 0.25) is 0 Å². The van der Waals surface area contributed by atoms with E-state index in [2.05, 4.69) is 5.32 Å². The number of halogens is 4. The zero-order valence-corrected chi connectivity index (χ0v) is 11.0. The Hall–Kier alpha value is -1.30. The van der Waals surface area contributed by atoms with E-state index in [4.69, 9.17) is 4.74 Å². The second kappa shape index (κ2) is 6.43. The Morgan fingerprint density at radius 2 is 2.10 bits per heavy atom. The fourth-order valence-electron chi connectivity index (χ4n) is 2.26.